The Morgan fingerprint density at radius 2 is 1.44 bits per heavy atom. The van der Waals surface area contributed by atoms with Crippen molar-refractivity contribution in [2.45, 2.75) is 56.4 Å². The van der Waals surface area contributed by atoms with Crippen LogP contribution in [-0.2, 0) is 22.4 Å². The Labute approximate surface area is 142 Å². The first-order chi connectivity index (χ1) is 11.2. The van der Waals surface area contributed by atoms with Gasteiger partial charge in [0.1, 0.15) is 0 Å². The highest BCUT2D eigenvalue weighted by Crippen LogP contribution is 2.37. The molecule has 10 heteroatoms. The molecule has 0 amide bonds. The van der Waals surface area contributed by atoms with Crippen molar-refractivity contribution >= 4 is 10.0 Å². The molecule has 1 atom stereocenters. The van der Waals surface area contributed by atoms with E-state index >= 15 is 0 Å². The van der Waals surface area contributed by atoms with Gasteiger partial charge in [0.15, 0.2) is 0 Å². The highest BCUT2D eigenvalue weighted by atomic mass is 32.2. The van der Waals surface area contributed by atoms with Crippen LogP contribution in [0.5, 0.6) is 0 Å². The Bertz CT molecular complexity index is 665. The van der Waals surface area contributed by atoms with E-state index in [2.05, 4.69) is 0 Å². The third-order valence-electron chi connectivity index (χ3n) is 3.83. The Morgan fingerprint density at radius 3 is 1.80 bits per heavy atom. The molecule has 3 nitrogen and oxygen atoms in total. The lowest BCUT2D eigenvalue weighted by Gasteiger charge is -2.25. The fourth-order valence-electron chi connectivity index (χ4n) is 2.16. The molecule has 0 aliphatic rings. The molecule has 0 aliphatic heterocycles. The van der Waals surface area contributed by atoms with Crippen LogP contribution in [0.2, 0.25) is 0 Å². The normalized spacial score (nSPS) is 14.8. The second kappa shape index (κ2) is 7.53. The zero-order valence-corrected chi connectivity index (χ0v) is 14.7. The van der Waals surface area contributed by atoms with Crippen LogP contribution >= 0.6 is 0 Å². The molecular weight excluding hydrogens is 372 g/mol. The summed E-state index contributed by atoms with van der Waals surface area (Å²) in [6, 6.07) is -0.199. The number of unbranched alkanes of at least 4 members (excludes halogenated alkanes) is 1. The lowest BCUT2D eigenvalue weighted by Crippen LogP contribution is -2.35. The number of benzene rings is 1. The van der Waals surface area contributed by atoms with Crippen molar-refractivity contribution in [1.82, 2.24) is 4.31 Å². The quantitative estimate of drug-likeness (QED) is 0.646. The van der Waals surface area contributed by atoms with Crippen LogP contribution in [-0.4, -0.2) is 25.8 Å². The van der Waals surface area contributed by atoms with Gasteiger partial charge in [-0.2, -0.15) is 30.6 Å². The largest absolute Gasteiger partial charge is 0.416 e. The minimum absolute atomic E-state index is 0.0977. The molecule has 1 aromatic carbocycles. The van der Waals surface area contributed by atoms with Gasteiger partial charge in [0.05, 0.1) is 16.0 Å². The number of hydrogen-bond donors (Lipinski definition) is 0. The molecule has 1 aromatic rings. The number of rotatable bonds is 6. The van der Waals surface area contributed by atoms with Crippen molar-refractivity contribution in [3.05, 3.63) is 29.3 Å². The molecule has 0 saturated carbocycles. The molecule has 0 aromatic heterocycles. The molecule has 0 N–H and O–H groups in total. The summed E-state index contributed by atoms with van der Waals surface area (Å²) in [6.45, 7) is 3.43. The number of sulfonamides is 1. The topological polar surface area (TPSA) is 37.4 Å². The summed E-state index contributed by atoms with van der Waals surface area (Å²) in [5.41, 5.74) is -3.31. The third kappa shape index (κ3) is 5.34. The van der Waals surface area contributed by atoms with E-state index in [0.717, 1.165) is 17.8 Å². The molecular formula is C15H19F6NO2S. The van der Waals surface area contributed by atoms with Crippen molar-refractivity contribution < 1.29 is 34.8 Å². The molecule has 1 unspecified atom stereocenters. The first kappa shape index (κ1) is 21.8. The summed E-state index contributed by atoms with van der Waals surface area (Å²) in [6.07, 6.45) is -8.30. The maximum atomic E-state index is 12.9. The lowest BCUT2D eigenvalue weighted by molar-refractivity contribution is -0.143. The van der Waals surface area contributed by atoms with E-state index in [4.69, 9.17) is 0 Å². The summed E-state index contributed by atoms with van der Waals surface area (Å²) < 4.78 is 103. The Balaban J connectivity index is 3.44. The second-order valence-corrected chi connectivity index (χ2v) is 7.75. The van der Waals surface area contributed by atoms with Crippen LogP contribution in [0.3, 0.4) is 0 Å². The van der Waals surface area contributed by atoms with Gasteiger partial charge in [-0.25, -0.2) is 8.42 Å². The fourth-order valence-corrected chi connectivity index (χ4v) is 3.62. The highest BCUT2D eigenvalue weighted by molar-refractivity contribution is 7.89. The molecule has 0 aliphatic carbocycles. The summed E-state index contributed by atoms with van der Waals surface area (Å²) in [5.74, 6) is 0. The van der Waals surface area contributed by atoms with Gasteiger partial charge in [0, 0.05) is 13.1 Å². The minimum Gasteiger partial charge on any atom is -0.207 e. The number of alkyl halides is 6. The van der Waals surface area contributed by atoms with E-state index in [0.29, 0.717) is 12.8 Å². The first-order valence-corrected chi connectivity index (χ1v) is 8.92. The summed E-state index contributed by atoms with van der Waals surface area (Å²) >= 11 is 0. The van der Waals surface area contributed by atoms with Crippen molar-refractivity contribution in [3.8, 4) is 0 Å². The Morgan fingerprint density at radius 1 is 1.00 bits per heavy atom. The minimum atomic E-state index is -5.10. The van der Waals surface area contributed by atoms with Gasteiger partial charge < -0.3 is 0 Å². The second-order valence-electron chi connectivity index (χ2n) is 5.75. The zero-order chi connectivity index (χ0) is 19.6. The van der Waals surface area contributed by atoms with E-state index in [1.54, 1.807) is 6.92 Å². The van der Waals surface area contributed by atoms with Gasteiger partial charge in [-0.05, 0) is 31.5 Å². The average Bonchev–Trinajstić information content (AvgIpc) is 2.49. The van der Waals surface area contributed by atoms with Gasteiger partial charge in [-0.3, -0.25) is 0 Å². The average molecular weight is 391 g/mol. The van der Waals surface area contributed by atoms with Gasteiger partial charge in [0.25, 0.3) is 0 Å². The van der Waals surface area contributed by atoms with E-state index in [-0.39, 0.29) is 18.2 Å². The third-order valence-corrected chi connectivity index (χ3v) is 5.78. The van der Waals surface area contributed by atoms with Crippen LogP contribution in [0.15, 0.2) is 23.1 Å². The SMILES string of the molecule is CCCCC(C)N(C)S(=O)(=O)c1cc(C(F)(F)F)cc(C(F)(F)F)c1. The fraction of sp³-hybridized carbons (Fsp3) is 0.600. The number of hydrogen-bond acceptors (Lipinski definition) is 2. The molecule has 0 bridgehead atoms. The van der Waals surface area contributed by atoms with Crippen LogP contribution in [0.4, 0.5) is 26.3 Å². The standard InChI is InChI=1S/C15H19F6NO2S/c1-4-5-6-10(2)22(3)25(23,24)13-8-11(14(16,17)18)7-12(9-13)15(19,20)21/h7-10H,4-6H2,1-3H3. The Kier molecular flexibility index (Phi) is 6.55. The van der Waals surface area contributed by atoms with E-state index < -0.39 is 44.4 Å². The smallest absolute Gasteiger partial charge is 0.207 e. The predicted molar refractivity (Wildman–Crippen MR) is 80.4 cm³/mol. The van der Waals surface area contributed by atoms with Gasteiger partial charge in [0.2, 0.25) is 10.0 Å². The van der Waals surface area contributed by atoms with Crippen molar-refractivity contribution in [1.29, 1.82) is 0 Å². The maximum Gasteiger partial charge on any atom is 0.416 e. The van der Waals surface area contributed by atoms with Crippen molar-refractivity contribution in [2.24, 2.45) is 0 Å². The lowest BCUT2D eigenvalue weighted by atomic mass is 10.1. The molecule has 0 radical (unpaired) electrons. The molecule has 0 heterocycles. The number of halogens is 6. The molecule has 25 heavy (non-hydrogen) atoms. The highest BCUT2D eigenvalue weighted by Gasteiger charge is 2.39. The molecule has 1 rings (SSSR count). The summed E-state index contributed by atoms with van der Waals surface area (Å²) in [5, 5.41) is 0. The monoisotopic (exact) mass is 391 g/mol. The molecule has 0 spiro atoms. The summed E-state index contributed by atoms with van der Waals surface area (Å²) in [4.78, 5) is -1.03. The predicted octanol–water partition coefficient (Wildman–Crippen LogP) is 4.92. The van der Waals surface area contributed by atoms with Crippen LogP contribution in [0.1, 0.15) is 44.2 Å². The van der Waals surface area contributed by atoms with Gasteiger partial charge in [-0.15, -0.1) is 0 Å². The van der Waals surface area contributed by atoms with Gasteiger partial charge in [-0.1, -0.05) is 19.8 Å². The van der Waals surface area contributed by atoms with E-state index in [1.807, 2.05) is 6.92 Å². The maximum absolute atomic E-state index is 12.9. The van der Waals surface area contributed by atoms with Gasteiger partial charge >= 0.3 is 12.4 Å². The van der Waals surface area contributed by atoms with E-state index in [9.17, 15) is 34.8 Å². The van der Waals surface area contributed by atoms with Crippen molar-refractivity contribution in [2.75, 3.05) is 7.05 Å². The van der Waals surface area contributed by atoms with Crippen molar-refractivity contribution in [3.63, 3.8) is 0 Å². The first-order valence-electron chi connectivity index (χ1n) is 7.48. The zero-order valence-electron chi connectivity index (χ0n) is 13.9. The van der Waals surface area contributed by atoms with E-state index in [1.165, 1.54) is 0 Å². The molecule has 144 valence electrons. The Hall–Kier alpha value is -1.29. The molecule has 0 fully saturated rings. The van der Waals surface area contributed by atoms with Crippen LogP contribution in [0, 0.1) is 0 Å². The van der Waals surface area contributed by atoms with Crippen LogP contribution in [0.25, 0.3) is 0 Å². The summed E-state index contributed by atoms with van der Waals surface area (Å²) in [7, 11) is -3.36. The van der Waals surface area contributed by atoms with Crippen LogP contribution < -0.4 is 0 Å². The number of nitrogens with zero attached hydrogens (tertiary/aromatic N) is 1. The molecule has 0 saturated heterocycles.